The second kappa shape index (κ2) is 37.2. The second-order valence-corrected chi connectivity index (χ2v) is 15.6. The van der Waals surface area contributed by atoms with Crippen LogP contribution in [0.5, 0.6) is 0 Å². The number of rotatable bonds is 38. The third-order valence-electron chi connectivity index (χ3n) is 9.49. The summed E-state index contributed by atoms with van der Waals surface area (Å²) in [5.74, 6) is -1.48. The van der Waals surface area contributed by atoms with Gasteiger partial charge in [0.25, 0.3) is 0 Å². The molecule has 0 bridgehead atoms. The van der Waals surface area contributed by atoms with Crippen molar-refractivity contribution in [1.29, 1.82) is 0 Å². The second-order valence-electron chi connectivity index (χ2n) is 15.6. The van der Waals surface area contributed by atoms with Gasteiger partial charge in [-0.25, -0.2) is 4.79 Å². The number of esters is 2. The molecule has 8 nitrogen and oxygen atoms in total. The first-order chi connectivity index (χ1) is 26.1. The van der Waals surface area contributed by atoms with E-state index in [0.717, 1.165) is 70.6 Å². The van der Waals surface area contributed by atoms with Crippen LogP contribution in [-0.2, 0) is 28.6 Å². The first-order valence-corrected chi connectivity index (χ1v) is 21.7. The highest BCUT2D eigenvalue weighted by molar-refractivity contribution is 5.72. The molecule has 54 heavy (non-hydrogen) atoms. The Bertz CT molecular complexity index is 1030. The van der Waals surface area contributed by atoms with Crippen molar-refractivity contribution in [1.82, 2.24) is 0 Å². The molecule has 0 saturated heterocycles. The fraction of sp³-hybridized carbons (Fsp3) is 0.761. The Labute approximate surface area is 331 Å². The zero-order chi connectivity index (χ0) is 40.0. The minimum Gasteiger partial charge on any atom is -0.477 e. The molecule has 1 N–H and O–H groups in total. The largest absolute Gasteiger partial charge is 0.477 e. The van der Waals surface area contributed by atoms with Gasteiger partial charge in [-0.1, -0.05) is 152 Å². The molecule has 312 valence electrons. The molecule has 0 aliphatic heterocycles. The van der Waals surface area contributed by atoms with Crippen molar-refractivity contribution in [3.8, 4) is 0 Å². The van der Waals surface area contributed by atoms with E-state index >= 15 is 0 Å². The van der Waals surface area contributed by atoms with Crippen molar-refractivity contribution in [3.05, 3.63) is 48.6 Å². The van der Waals surface area contributed by atoms with Crippen molar-refractivity contribution in [3.63, 3.8) is 0 Å². The predicted octanol–water partition coefficient (Wildman–Crippen LogP) is 11.6. The number of nitrogens with zero attached hydrogens (tertiary/aromatic N) is 1. The summed E-state index contributed by atoms with van der Waals surface area (Å²) in [6.45, 7) is 4.58. The molecule has 2 unspecified atom stereocenters. The Morgan fingerprint density at radius 1 is 0.574 bits per heavy atom. The van der Waals surface area contributed by atoms with Gasteiger partial charge in [-0.3, -0.25) is 9.59 Å². The monoisotopic (exact) mass is 761 g/mol. The van der Waals surface area contributed by atoms with Gasteiger partial charge < -0.3 is 23.8 Å². The maximum absolute atomic E-state index is 12.7. The summed E-state index contributed by atoms with van der Waals surface area (Å²) in [5.41, 5.74) is 0. The van der Waals surface area contributed by atoms with Crippen LogP contribution in [0.15, 0.2) is 48.6 Å². The van der Waals surface area contributed by atoms with E-state index in [1.54, 1.807) is 0 Å². The molecule has 0 heterocycles. The molecule has 0 aromatic rings. The van der Waals surface area contributed by atoms with Crippen LogP contribution in [0, 0.1) is 0 Å². The number of hydrogen-bond acceptors (Lipinski definition) is 6. The number of ether oxygens (including phenoxy) is 3. The van der Waals surface area contributed by atoms with Crippen molar-refractivity contribution in [2.45, 2.75) is 187 Å². The lowest BCUT2D eigenvalue weighted by atomic mass is 10.1. The van der Waals surface area contributed by atoms with Crippen LogP contribution in [0.1, 0.15) is 174 Å². The van der Waals surface area contributed by atoms with Crippen LogP contribution in [0.4, 0.5) is 0 Å². The van der Waals surface area contributed by atoms with Gasteiger partial charge in [0.1, 0.15) is 6.61 Å². The molecule has 0 rings (SSSR count). The standard InChI is InChI=1S/C46H81NO7/c1-6-8-10-12-14-16-17-18-19-20-21-22-23-24-25-26-27-28-29-31-33-35-37-45(49)54-42(40-52-39-38-43(46(50)51)47(3,4)5)41-53-44(48)36-34-32-30-15-13-11-9-7-2/h8,10,14,16,18-19,21-22,42-43H,6-7,9,11-13,15,17,20,23-41H2,1-5H3/p+1/b10-8+,16-14+,19-18+,22-21+. The zero-order valence-electron chi connectivity index (χ0n) is 35.4. The number of carbonyl (C=O) groups is 3. The summed E-state index contributed by atoms with van der Waals surface area (Å²) < 4.78 is 17.2. The van der Waals surface area contributed by atoms with Gasteiger partial charge in [0, 0.05) is 19.3 Å². The van der Waals surface area contributed by atoms with Gasteiger partial charge >= 0.3 is 17.9 Å². The van der Waals surface area contributed by atoms with E-state index in [-0.39, 0.29) is 36.2 Å². The number of carboxylic acid groups (broad SMARTS) is 1. The van der Waals surface area contributed by atoms with Crippen molar-refractivity contribution < 1.29 is 38.2 Å². The Morgan fingerprint density at radius 2 is 1.04 bits per heavy atom. The highest BCUT2D eigenvalue weighted by Gasteiger charge is 2.31. The predicted molar refractivity (Wildman–Crippen MR) is 224 cm³/mol. The fourth-order valence-electron chi connectivity index (χ4n) is 6.14. The third kappa shape index (κ3) is 35.0. The number of likely N-dealkylation sites (N-methyl/N-ethyl adjacent to an activating group) is 1. The van der Waals surface area contributed by atoms with E-state index in [2.05, 4.69) is 62.5 Å². The van der Waals surface area contributed by atoms with Gasteiger partial charge in [0.05, 0.1) is 34.4 Å². The number of quaternary nitrogens is 1. The summed E-state index contributed by atoms with van der Waals surface area (Å²) in [7, 11) is 5.52. The number of carbonyl (C=O) groups excluding carboxylic acids is 2. The van der Waals surface area contributed by atoms with E-state index in [1.807, 2.05) is 21.1 Å². The molecule has 0 spiro atoms. The fourth-order valence-corrected chi connectivity index (χ4v) is 6.14. The molecule has 0 aliphatic rings. The van der Waals surface area contributed by atoms with Gasteiger partial charge in [-0.2, -0.15) is 0 Å². The average Bonchev–Trinajstić information content (AvgIpc) is 3.12. The lowest BCUT2D eigenvalue weighted by Crippen LogP contribution is -2.50. The molecule has 8 heteroatoms. The summed E-state index contributed by atoms with van der Waals surface area (Å²) in [5, 5.41) is 9.60. The Hall–Kier alpha value is -2.71. The zero-order valence-corrected chi connectivity index (χ0v) is 35.4. The van der Waals surface area contributed by atoms with E-state index in [1.165, 1.54) is 70.6 Å². The van der Waals surface area contributed by atoms with Crippen LogP contribution < -0.4 is 0 Å². The lowest BCUT2D eigenvalue weighted by molar-refractivity contribution is -0.887. The SMILES string of the molecule is CC/C=C/C/C=C/C/C=C/C/C=C/CCCCCCCCCCCC(=O)OC(COCCC(C(=O)O)[N+](C)(C)C)COC(=O)CCCCCCCCCC. The summed E-state index contributed by atoms with van der Waals surface area (Å²) in [6.07, 6.45) is 43.0. The van der Waals surface area contributed by atoms with E-state index in [0.29, 0.717) is 19.3 Å². The first kappa shape index (κ1) is 51.3. The Morgan fingerprint density at radius 3 is 1.54 bits per heavy atom. The van der Waals surface area contributed by atoms with Gasteiger partial charge in [-0.05, 0) is 51.4 Å². The number of unbranched alkanes of at least 4 members (excludes halogenated alkanes) is 16. The van der Waals surface area contributed by atoms with Gasteiger partial charge in [-0.15, -0.1) is 0 Å². The van der Waals surface area contributed by atoms with Gasteiger partial charge in [0.15, 0.2) is 12.1 Å². The van der Waals surface area contributed by atoms with E-state index in [9.17, 15) is 19.5 Å². The highest BCUT2D eigenvalue weighted by atomic mass is 16.6. The average molecular weight is 761 g/mol. The number of aliphatic carboxylic acids is 1. The third-order valence-corrected chi connectivity index (χ3v) is 9.49. The molecular formula is C46H82NO7+. The van der Waals surface area contributed by atoms with Crippen molar-refractivity contribution >= 4 is 17.9 Å². The Balaban J connectivity index is 4.24. The van der Waals surface area contributed by atoms with Crippen LogP contribution in [-0.4, -0.2) is 80.6 Å². The van der Waals surface area contributed by atoms with Crippen LogP contribution in [0.3, 0.4) is 0 Å². The van der Waals surface area contributed by atoms with E-state index in [4.69, 9.17) is 14.2 Å². The summed E-state index contributed by atoms with van der Waals surface area (Å²) in [6, 6.07) is -0.614. The van der Waals surface area contributed by atoms with Crippen molar-refractivity contribution in [2.75, 3.05) is 41.0 Å². The number of hydrogen-bond donors (Lipinski definition) is 1. The highest BCUT2D eigenvalue weighted by Crippen LogP contribution is 2.14. The smallest absolute Gasteiger partial charge is 0.362 e. The Kier molecular flexibility index (Phi) is 35.4. The molecule has 0 radical (unpaired) electrons. The molecule has 0 aromatic heterocycles. The lowest BCUT2D eigenvalue weighted by Gasteiger charge is -2.31. The van der Waals surface area contributed by atoms with E-state index < -0.39 is 18.1 Å². The molecule has 0 aromatic carbocycles. The van der Waals surface area contributed by atoms with Crippen molar-refractivity contribution in [2.24, 2.45) is 0 Å². The van der Waals surface area contributed by atoms with Gasteiger partial charge in [0.2, 0.25) is 0 Å². The summed E-state index contributed by atoms with van der Waals surface area (Å²) >= 11 is 0. The number of allylic oxidation sites excluding steroid dienone is 8. The number of carboxylic acids is 1. The quantitative estimate of drug-likeness (QED) is 0.0289. The first-order valence-electron chi connectivity index (χ1n) is 21.7. The van der Waals surface area contributed by atoms with Crippen LogP contribution in [0.25, 0.3) is 0 Å². The van der Waals surface area contributed by atoms with Crippen LogP contribution in [0.2, 0.25) is 0 Å². The molecule has 0 fully saturated rings. The molecule has 2 atom stereocenters. The topological polar surface area (TPSA) is 99.1 Å². The molecule has 0 saturated carbocycles. The molecule has 0 aliphatic carbocycles. The molecular weight excluding hydrogens is 679 g/mol. The minimum atomic E-state index is -0.877. The summed E-state index contributed by atoms with van der Waals surface area (Å²) in [4.78, 5) is 36.8. The molecule has 0 amide bonds. The minimum absolute atomic E-state index is 0.0529. The van der Waals surface area contributed by atoms with Crippen LogP contribution >= 0.6 is 0 Å². The maximum Gasteiger partial charge on any atom is 0.362 e. The normalized spacial score (nSPS) is 13.4. The maximum atomic E-state index is 12.7.